The van der Waals surface area contributed by atoms with Crippen molar-refractivity contribution in [2.24, 2.45) is 0 Å². The van der Waals surface area contributed by atoms with E-state index >= 15 is 0 Å². The molecule has 0 atom stereocenters. The number of thiocarbonyl (C=S) groups is 1. The standard InChI is InChI=1S/C25H20SSi/c26-25(21-13-5-1-6-14-21)27(22-15-7-2-8-16-22,23-17-9-3-10-18-23)24-19-11-4-12-20-24/h1-20H. The molecular weight excluding hydrogens is 360 g/mol. The van der Waals surface area contributed by atoms with Crippen LogP contribution in [0.4, 0.5) is 0 Å². The summed E-state index contributed by atoms with van der Waals surface area (Å²) in [7, 11) is -2.54. The van der Waals surface area contributed by atoms with Gasteiger partial charge in [-0.25, -0.2) is 0 Å². The van der Waals surface area contributed by atoms with E-state index in [0.29, 0.717) is 0 Å². The molecule has 0 fully saturated rings. The molecule has 0 aliphatic carbocycles. The minimum absolute atomic E-state index is 1.05. The van der Waals surface area contributed by atoms with Crippen LogP contribution in [-0.2, 0) is 0 Å². The van der Waals surface area contributed by atoms with Gasteiger partial charge in [-0.2, -0.15) is 0 Å². The second-order valence-electron chi connectivity index (χ2n) is 6.54. The molecule has 0 N–H and O–H groups in total. The van der Waals surface area contributed by atoms with Crippen molar-refractivity contribution in [3.63, 3.8) is 0 Å². The summed E-state index contributed by atoms with van der Waals surface area (Å²) in [5.74, 6) is 0. The van der Waals surface area contributed by atoms with E-state index in [0.717, 1.165) is 10.1 Å². The van der Waals surface area contributed by atoms with E-state index in [1.54, 1.807) is 0 Å². The first-order valence-corrected chi connectivity index (χ1v) is 11.5. The van der Waals surface area contributed by atoms with Crippen molar-refractivity contribution < 1.29 is 0 Å². The molecule has 0 unspecified atom stereocenters. The van der Waals surface area contributed by atoms with Gasteiger partial charge in [-0.05, 0) is 21.1 Å². The molecular formula is C25H20SSi. The largest absolute Gasteiger partial charge is 0.192 e. The van der Waals surface area contributed by atoms with Crippen LogP contribution < -0.4 is 15.6 Å². The van der Waals surface area contributed by atoms with Crippen LogP contribution in [0.2, 0.25) is 0 Å². The molecule has 0 nitrogen and oxygen atoms in total. The van der Waals surface area contributed by atoms with E-state index in [-0.39, 0.29) is 0 Å². The van der Waals surface area contributed by atoms with Gasteiger partial charge in [0.15, 0.2) is 8.07 Å². The third-order valence-corrected chi connectivity index (χ3v) is 10.7. The highest BCUT2D eigenvalue weighted by Gasteiger charge is 2.43. The average Bonchev–Trinajstić information content (AvgIpc) is 2.77. The molecule has 0 saturated heterocycles. The maximum atomic E-state index is 6.26. The Morgan fingerprint density at radius 3 is 1.07 bits per heavy atom. The Balaban J connectivity index is 2.08. The predicted molar refractivity (Wildman–Crippen MR) is 122 cm³/mol. The molecule has 0 bridgehead atoms. The zero-order valence-corrected chi connectivity index (χ0v) is 16.8. The van der Waals surface area contributed by atoms with Gasteiger partial charge in [0.1, 0.15) is 0 Å². The molecule has 0 heterocycles. The molecule has 0 aromatic heterocycles. The first-order chi connectivity index (χ1) is 13.3. The quantitative estimate of drug-likeness (QED) is 0.285. The van der Waals surface area contributed by atoms with E-state index < -0.39 is 8.07 Å². The Morgan fingerprint density at radius 1 is 0.444 bits per heavy atom. The molecule has 4 rings (SSSR count). The second-order valence-corrected chi connectivity index (χ2v) is 11.0. The van der Waals surface area contributed by atoms with Crippen molar-refractivity contribution in [1.82, 2.24) is 0 Å². The van der Waals surface area contributed by atoms with Crippen LogP contribution in [0.1, 0.15) is 5.56 Å². The molecule has 0 spiro atoms. The summed E-state index contributed by atoms with van der Waals surface area (Å²) < 4.78 is 1.05. The number of rotatable bonds is 5. The maximum Gasteiger partial charge on any atom is 0.192 e. The van der Waals surface area contributed by atoms with Crippen LogP contribution in [0, 0.1) is 0 Å². The predicted octanol–water partition coefficient (Wildman–Crippen LogP) is 4.11. The molecule has 0 aliphatic heterocycles. The minimum atomic E-state index is -2.54. The van der Waals surface area contributed by atoms with E-state index in [4.69, 9.17) is 12.2 Å². The van der Waals surface area contributed by atoms with E-state index in [1.807, 2.05) is 6.07 Å². The van der Waals surface area contributed by atoms with Gasteiger partial charge in [-0.15, -0.1) is 0 Å². The number of hydrogen-bond acceptors (Lipinski definition) is 1. The second kappa shape index (κ2) is 7.83. The highest BCUT2D eigenvalue weighted by Crippen LogP contribution is 2.16. The van der Waals surface area contributed by atoms with Gasteiger partial charge in [-0.3, -0.25) is 0 Å². The van der Waals surface area contributed by atoms with E-state index in [1.165, 1.54) is 15.6 Å². The van der Waals surface area contributed by atoms with Gasteiger partial charge in [0.05, 0.1) is 0 Å². The fourth-order valence-corrected chi connectivity index (χ4v) is 9.42. The Labute approximate surface area is 167 Å². The Hall–Kier alpha value is -2.81. The normalized spacial score (nSPS) is 11.1. The number of hydrogen-bond donors (Lipinski definition) is 0. The summed E-state index contributed by atoms with van der Waals surface area (Å²) in [5, 5.41) is 3.95. The van der Waals surface area contributed by atoms with Crippen molar-refractivity contribution in [2.75, 3.05) is 0 Å². The summed E-state index contributed by atoms with van der Waals surface area (Å²) in [5.41, 5.74) is 1.13. The molecule has 0 amide bonds. The zero-order chi connectivity index (χ0) is 18.5. The van der Waals surface area contributed by atoms with Crippen molar-refractivity contribution >= 4 is 40.3 Å². The van der Waals surface area contributed by atoms with Gasteiger partial charge in [-0.1, -0.05) is 134 Å². The topological polar surface area (TPSA) is 0 Å². The van der Waals surface area contributed by atoms with Crippen LogP contribution in [0.5, 0.6) is 0 Å². The lowest BCUT2D eigenvalue weighted by Crippen LogP contribution is -2.72. The Bertz CT molecular complexity index is 916. The Morgan fingerprint density at radius 2 is 0.741 bits per heavy atom. The molecule has 0 radical (unpaired) electrons. The van der Waals surface area contributed by atoms with Crippen molar-refractivity contribution in [2.45, 2.75) is 0 Å². The first-order valence-electron chi connectivity index (χ1n) is 9.10. The lowest BCUT2D eigenvalue weighted by molar-refractivity contribution is 1.66. The van der Waals surface area contributed by atoms with Crippen LogP contribution in [0.15, 0.2) is 121 Å². The van der Waals surface area contributed by atoms with E-state index in [2.05, 4.69) is 115 Å². The highest BCUT2D eigenvalue weighted by atomic mass is 32.1. The van der Waals surface area contributed by atoms with Gasteiger partial charge >= 0.3 is 0 Å². The van der Waals surface area contributed by atoms with E-state index in [9.17, 15) is 0 Å². The third kappa shape index (κ3) is 3.18. The summed E-state index contributed by atoms with van der Waals surface area (Å²) in [4.78, 5) is 0. The van der Waals surface area contributed by atoms with Gasteiger partial charge in [0.25, 0.3) is 0 Å². The van der Waals surface area contributed by atoms with Crippen LogP contribution in [-0.4, -0.2) is 12.6 Å². The molecule has 0 saturated carbocycles. The monoisotopic (exact) mass is 380 g/mol. The molecule has 4 aromatic rings. The third-order valence-electron chi connectivity index (χ3n) is 5.00. The molecule has 0 aliphatic rings. The van der Waals surface area contributed by atoms with Crippen molar-refractivity contribution in [3.8, 4) is 0 Å². The summed E-state index contributed by atoms with van der Waals surface area (Å²) in [6, 6.07) is 42.8. The van der Waals surface area contributed by atoms with Crippen molar-refractivity contribution in [3.05, 3.63) is 127 Å². The fourth-order valence-electron chi connectivity index (χ4n) is 3.76. The van der Waals surface area contributed by atoms with Gasteiger partial charge in [0.2, 0.25) is 0 Å². The van der Waals surface area contributed by atoms with Crippen LogP contribution in [0.3, 0.4) is 0 Å². The highest BCUT2D eigenvalue weighted by molar-refractivity contribution is 7.87. The fraction of sp³-hybridized carbons (Fsp3) is 0. The summed E-state index contributed by atoms with van der Waals surface area (Å²) in [6.07, 6.45) is 0. The van der Waals surface area contributed by atoms with Crippen LogP contribution >= 0.6 is 12.2 Å². The zero-order valence-electron chi connectivity index (χ0n) is 15.0. The first kappa shape index (κ1) is 17.6. The van der Waals surface area contributed by atoms with Gasteiger partial charge in [0, 0.05) is 4.49 Å². The molecule has 130 valence electrons. The van der Waals surface area contributed by atoms with Crippen LogP contribution in [0.25, 0.3) is 0 Å². The lowest BCUT2D eigenvalue weighted by Gasteiger charge is -2.34. The average molecular weight is 381 g/mol. The molecule has 2 heteroatoms. The minimum Gasteiger partial charge on any atom is -0.0880 e. The SMILES string of the molecule is S=C(c1ccccc1)[Si](c1ccccc1)(c1ccccc1)c1ccccc1. The molecule has 4 aromatic carbocycles. The van der Waals surface area contributed by atoms with Gasteiger partial charge < -0.3 is 0 Å². The summed E-state index contributed by atoms with van der Waals surface area (Å²) in [6.45, 7) is 0. The number of benzene rings is 4. The molecule has 27 heavy (non-hydrogen) atoms. The maximum absolute atomic E-state index is 6.26. The smallest absolute Gasteiger partial charge is 0.0880 e. The summed E-state index contributed by atoms with van der Waals surface area (Å²) >= 11 is 6.26. The van der Waals surface area contributed by atoms with Crippen molar-refractivity contribution in [1.29, 1.82) is 0 Å². The Kier molecular flexibility index (Phi) is 5.10. The lowest BCUT2D eigenvalue weighted by atomic mass is 10.2.